The second kappa shape index (κ2) is 14.7. The Labute approximate surface area is 255 Å². The van der Waals surface area contributed by atoms with Crippen molar-refractivity contribution in [1.29, 1.82) is 0 Å². The summed E-state index contributed by atoms with van der Waals surface area (Å²) in [5.41, 5.74) is -0.0717. The highest BCUT2D eigenvalue weighted by Crippen LogP contribution is 2.37. The molecule has 0 aromatic heterocycles. The minimum Gasteiger partial charge on any atom is -0.354 e. The summed E-state index contributed by atoms with van der Waals surface area (Å²) in [6, 6.07) is 15.6. The molecule has 0 saturated heterocycles. The lowest BCUT2D eigenvalue weighted by Crippen LogP contribution is -2.52. The van der Waals surface area contributed by atoms with Crippen LogP contribution >= 0.6 is 11.6 Å². The molecule has 3 aromatic carbocycles. The van der Waals surface area contributed by atoms with Gasteiger partial charge in [-0.1, -0.05) is 74.3 Å². The molecule has 0 aliphatic heterocycles. The van der Waals surface area contributed by atoms with E-state index in [9.17, 15) is 31.2 Å². The summed E-state index contributed by atoms with van der Waals surface area (Å²) in [5, 5.41) is 2.54. The molecule has 0 aliphatic rings. The summed E-state index contributed by atoms with van der Waals surface area (Å²) in [6.07, 6.45) is -3.02. The van der Waals surface area contributed by atoms with Crippen molar-refractivity contribution in [2.75, 3.05) is 17.4 Å². The summed E-state index contributed by atoms with van der Waals surface area (Å²) in [6.45, 7) is 5.01. The van der Waals surface area contributed by atoms with Gasteiger partial charge in [-0.2, -0.15) is 13.2 Å². The van der Waals surface area contributed by atoms with Crippen LogP contribution in [0, 0.1) is 6.92 Å². The molecule has 0 heterocycles. The van der Waals surface area contributed by atoms with E-state index in [1.807, 2.05) is 26.0 Å². The third-order valence-electron chi connectivity index (χ3n) is 6.97. The van der Waals surface area contributed by atoms with Gasteiger partial charge in [0.05, 0.1) is 21.2 Å². The number of aryl methyl sites for hydroxylation is 1. The van der Waals surface area contributed by atoms with Crippen LogP contribution in [0.3, 0.4) is 0 Å². The second-order valence-electron chi connectivity index (χ2n) is 10.0. The van der Waals surface area contributed by atoms with Gasteiger partial charge in [-0.3, -0.25) is 13.9 Å². The lowest BCUT2D eigenvalue weighted by atomic mass is 10.1. The Morgan fingerprint density at radius 3 is 2.23 bits per heavy atom. The number of halogens is 4. The fraction of sp³-hybridized carbons (Fsp3) is 0.355. The van der Waals surface area contributed by atoms with E-state index in [1.165, 1.54) is 29.2 Å². The summed E-state index contributed by atoms with van der Waals surface area (Å²) < 4.78 is 69.5. The van der Waals surface area contributed by atoms with Crippen molar-refractivity contribution < 1.29 is 31.2 Å². The maximum absolute atomic E-state index is 14.1. The number of nitrogens with zero attached hydrogens (tertiary/aromatic N) is 2. The zero-order chi connectivity index (χ0) is 31.8. The quantitative estimate of drug-likeness (QED) is 0.214. The number of anilines is 1. The minimum absolute atomic E-state index is 0.0270. The highest BCUT2D eigenvalue weighted by Gasteiger charge is 2.37. The normalized spacial score (nSPS) is 12.4. The van der Waals surface area contributed by atoms with Crippen LogP contribution in [0.25, 0.3) is 0 Å². The summed E-state index contributed by atoms with van der Waals surface area (Å²) in [5.74, 6) is -1.19. The van der Waals surface area contributed by atoms with Crippen LogP contribution < -0.4 is 9.62 Å². The topological polar surface area (TPSA) is 86.8 Å². The minimum atomic E-state index is -4.80. The average Bonchev–Trinajstić information content (AvgIpc) is 2.97. The van der Waals surface area contributed by atoms with E-state index in [2.05, 4.69) is 5.32 Å². The smallest absolute Gasteiger partial charge is 0.354 e. The van der Waals surface area contributed by atoms with Crippen LogP contribution in [0.2, 0.25) is 5.02 Å². The third kappa shape index (κ3) is 8.51. The molecule has 232 valence electrons. The van der Waals surface area contributed by atoms with Crippen LogP contribution in [0.5, 0.6) is 0 Å². The van der Waals surface area contributed by atoms with E-state index >= 15 is 0 Å². The number of benzene rings is 3. The summed E-state index contributed by atoms with van der Waals surface area (Å²) >= 11 is 6.30. The van der Waals surface area contributed by atoms with E-state index in [4.69, 9.17) is 11.6 Å². The van der Waals surface area contributed by atoms with Crippen molar-refractivity contribution >= 4 is 39.1 Å². The molecule has 0 aliphatic carbocycles. The largest absolute Gasteiger partial charge is 0.416 e. The van der Waals surface area contributed by atoms with Crippen molar-refractivity contribution in [3.05, 3.63) is 94.5 Å². The maximum atomic E-state index is 14.1. The third-order valence-corrected chi connectivity index (χ3v) is 9.06. The highest BCUT2D eigenvalue weighted by molar-refractivity contribution is 7.92. The zero-order valence-electron chi connectivity index (χ0n) is 24.2. The van der Waals surface area contributed by atoms with Crippen LogP contribution in [-0.4, -0.2) is 44.3 Å². The van der Waals surface area contributed by atoms with Crippen molar-refractivity contribution in [2.45, 2.75) is 63.7 Å². The van der Waals surface area contributed by atoms with E-state index in [0.29, 0.717) is 16.9 Å². The van der Waals surface area contributed by atoms with E-state index in [-0.39, 0.29) is 22.9 Å². The molecule has 3 aromatic rings. The van der Waals surface area contributed by atoms with E-state index < -0.39 is 51.9 Å². The first-order chi connectivity index (χ1) is 20.3. The summed E-state index contributed by atoms with van der Waals surface area (Å²) in [7, 11) is -4.59. The molecule has 0 saturated carbocycles. The molecule has 7 nitrogen and oxygen atoms in total. The number of alkyl halides is 3. The van der Waals surface area contributed by atoms with Crippen LogP contribution in [0.15, 0.2) is 77.7 Å². The van der Waals surface area contributed by atoms with Crippen LogP contribution in [0.1, 0.15) is 49.8 Å². The molecule has 1 atom stereocenters. The first kappa shape index (κ1) is 33.9. The molecule has 2 amide bonds. The molecule has 3 rings (SSSR count). The SMILES string of the molecule is CCCCNC(=O)C(CC)N(Cc1ccccc1C)C(=O)CN(c1cc(C(F)(F)F)ccc1Cl)S(=O)(=O)c1ccccc1. The standard InChI is InChI=1S/C31H35ClF3N3O4S/c1-4-6-18-36-30(40)27(5-2)37(20-23-13-11-10-12-22(23)3)29(39)21-38(43(41,42)25-14-8-7-9-15-25)28-19-24(31(33,34)35)16-17-26(28)32/h7-17,19,27H,4-6,18,20-21H2,1-3H3,(H,36,40). The molecular weight excluding hydrogens is 603 g/mol. The van der Waals surface area contributed by atoms with Crippen molar-refractivity contribution in [2.24, 2.45) is 0 Å². The fourth-order valence-corrected chi connectivity index (χ4v) is 6.23. The number of rotatable bonds is 13. The van der Waals surface area contributed by atoms with Gasteiger partial charge >= 0.3 is 6.18 Å². The highest BCUT2D eigenvalue weighted by atomic mass is 35.5. The van der Waals surface area contributed by atoms with Crippen molar-refractivity contribution in [3.63, 3.8) is 0 Å². The number of unbranched alkanes of at least 4 members (excludes halogenated alkanes) is 1. The fourth-order valence-electron chi connectivity index (χ4n) is 4.51. The molecule has 0 radical (unpaired) electrons. The molecule has 1 unspecified atom stereocenters. The maximum Gasteiger partial charge on any atom is 0.416 e. The van der Waals surface area contributed by atoms with Crippen LogP contribution in [0.4, 0.5) is 18.9 Å². The predicted octanol–water partition coefficient (Wildman–Crippen LogP) is 6.59. The Kier molecular flexibility index (Phi) is 11.6. The summed E-state index contributed by atoms with van der Waals surface area (Å²) in [4.78, 5) is 28.4. The van der Waals surface area contributed by atoms with Gasteiger partial charge in [-0.05, 0) is 61.2 Å². The van der Waals surface area contributed by atoms with Crippen molar-refractivity contribution in [1.82, 2.24) is 10.2 Å². The number of carbonyl (C=O) groups excluding carboxylic acids is 2. The molecule has 43 heavy (non-hydrogen) atoms. The van der Waals surface area contributed by atoms with Gasteiger partial charge in [0.2, 0.25) is 11.8 Å². The number of nitrogens with one attached hydrogen (secondary N) is 1. The van der Waals surface area contributed by atoms with Gasteiger partial charge in [0, 0.05) is 13.1 Å². The lowest BCUT2D eigenvalue weighted by molar-refractivity contribution is -0.140. The Balaban J connectivity index is 2.14. The Hall–Kier alpha value is -3.57. The molecule has 0 bridgehead atoms. The van der Waals surface area contributed by atoms with Gasteiger partial charge in [0.15, 0.2) is 0 Å². The van der Waals surface area contributed by atoms with Gasteiger partial charge < -0.3 is 10.2 Å². The lowest BCUT2D eigenvalue weighted by Gasteiger charge is -2.34. The number of sulfonamides is 1. The number of hydrogen-bond donors (Lipinski definition) is 1. The number of carbonyl (C=O) groups is 2. The number of amides is 2. The van der Waals surface area contributed by atoms with Gasteiger partial charge in [-0.15, -0.1) is 0 Å². The Bertz CT molecular complexity index is 1520. The molecule has 12 heteroatoms. The first-order valence-electron chi connectivity index (χ1n) is 13.9. The molecule has 0 fully saturated rings. The molecular formula is C31H35ClF3N3O4S. The predicted molar refractivity (Wildman–Crippen MR) is 161 cm³/mol. The van der Waals surface area contributed by atoms with Crippen LogP contribution in [-0.2, 0) is 32.3 Å². The van der Waals surface area contributed by atoms with Gasteiger partial charge in [-0.25, -0.2) is 8.42 Å². The number of hydrogen-bond acceptors (Lipinski definition) is 4. The average molecular weight is 638 g/mol. The van der Waals surface area contributed by atoms with Gasteiger partial charge in [0.1, 0.15) is 12.6 Å². The molecule has 0 spiro atoms. The van der Waals surface area contributed by atoms with Gasteiger partial charge in [0.25, 0.3) is 10.0 Å². The van der Waals surface area contributed by atoms with E-state index in [0.717, 1.165) is 36.1 Å². The zero-order valence-corrected chi connectivity index (χ0v) is 25.8. The monoisotopic (exact) mass is 637 g/mol. The second-order valence-corrected chi connectivity index (χ2v) is 12.3. The Morgan fingerprint density at radius 2 is 1.63 bits per heavy atom. The van der Waals surface area contributed by atoms with E-state index in [1.54, 1.807) is 25.1 Å². The first-order valence-corrected chi connectivity index (χ1v) is 15.7. The molecule has 1 N–H and O–H groups in total. The Morgan fingerprint density at radius 1 is 0.977 bits per heavy atom. The van der Waals surface area contributed by atoms with Crippen molar-refractivity contribution in [3.8, 4) is 0 Å².